The van der Waals surface area contributed by atoms with Gasteiger partial charge in [-0.05, 0) is 60.4 Å². The van der Waals surface area contributed by atoms with Crippen molar-refractivity contribution in [1.82, 2.24) is 9.97 Å². The molecule has 4 aromatic rings. The Labute approximate surface area is 199 Å². The maximum absolute atomic E-state index is 13.2. The largest absolute Gasteiger partial charge is 0.284 e. The van der Waals surface area contributed by atoms with Gasteiger partial charge < -0.3 is 0 Å². The van der Waals surface area contributed by atoms with Gasteiger partial charge in [-0.15, -0.1) is 11.8 Å². The molecule has 1 amide bonds. The SMILES string of the molecule is CSc1ccc2nc(N(Cc3cccnc3)C(=O)CCS(=O)(=O)c3ccc(F)cc3)sc2c1. The summed E-state index contributed by atoms with van der Waals surface area (Å²) in [5.74, 6) is -1.27. The molecule has 0 N–H and O–H groups in total. The molecule has 0 aliphatic carbocycles. The highest BCUT2D eigenvalue weighted by molar-refractivity contribution is 7.98. The second-order valence-electron chi connectivity index (χ2n) is 7.19. The van der Waals surface area contributed by atoms with E-state index in [0.29, 0.717) is 5.13 Å². The number of nitrogens with zero attached hydrogens (tertiary/aromatic N) is 3. The van der Waals surface area contributed by atoms with Gasteiger partial charge in [-0.2, -0.15) is 0 Å². The van der Waals surface area contributed by atoms with E-state index in [4.69, 9.17) is 0 Å². The lowest BCUT2D eigenvalue weighted by Gasteiger charge is -2.20. The molecule has 33 heavy (non-hydrogen) atoms. The number of benzene rings is 2. The monoisotopic (exact) mass is 501 g/mol. The highest BCUT2D eigenvalue weighted by atomic mass is 32.2. The number of fused-ring (bicyclic) bond motifs is 1. The van der Waals surface area contributed by atoms with Crippen LogP contribution in [0.15, 0.2) is 76.8 Å². The van der Waals surface area contributed by atoms with Crippen LogP contribution in [-0.2, 0) is 21.2 Å². The molecule has 0 aliphatic heterocycles. The molecule has 2 aromatic carbocycles. The second-order valence-corrected chi connectivity index (χ2v) is 11.2. The molecular weight excluding hydrogens is 481 g/mol. The number of amides is 1. The summed E-state index contributed by atoms with van der Waals surface area (Å²) in [6.45, 7) is 0.221. The van der Waals surface area contributed by atoms with Gasteiger partial charge in [0.2, 0.25) is 5.91 Å². The van der Waals surface area contributed by atoms with Crippen molar-refractivity contribution in [2.75, 3.05) is 16.9 Å². The molecule has 2 heterocycles. The number of sulfone groups is 1. The van der Waals surface area contributed by atoms with Gasteiger partial charge in [-0.1, -0.05) is 17.4 Å². The normalized spacial score (nSPS) is 11.6. The zero-order valence-corrected chi connectivity index (χ0v) is 20.1. The van der Waals surface area contributed by atoms with Crippen molar-refractivity contribution in [2.24, 2.45) is 0 Å². The van der Waals surface area contributed by atoms with Gasteiger partial charge in [0, 0.05) is 23.7 Å². The van der Waals surface area contributed by atoms with E-state index in [1.54, 1.807) is 30.2 Å². The lowest BCUT2D eigenvalue weighted by atomic mass is 10.2. The van der Waals surface area contributed by atoms with Crippen LogP contribution in [0.25, 0.3) is 10.2 Å². The minimum Gasteiger partial charge on any atom is -0.284 e. The maximum atomic E-state index is 13.2. The average Bonchev–Trinajstić information content (AvgIpc) is 3.25. The number of thioether (sulfide) groups is 1. The minimum atomic E-state index is -3.74. The minimum absolute atomic E-state index is 0.0138. The van der Waals surface area contributed by atoms with E-state index in [2.05, 4.69) is 9.97 Å². The Kier molecular flexibility index (Phi) is 7.06. The second kappa shape index (κ2) is 9.98. The third-order valence-corrected chi connectivity index (χ3v) is 8.44. The number of rotatable bonds is 8. The molecule has 0 radical (unpaired) electrons. The molecule has 0 unspecified atom stereocenters. The van der Waals surface area contributed by atoms with Crippen molar-refractivity contribution in [2.45, 2.75) is 22.8 Å². The van der Waals surface area contributed by atoms with E-state index in [1.807, 2.05) is 30.5 Å². The van der Waals surface area contributed by atoms with Crippen molar-refractivity contribution in [3.8, 4) is 0 Å². The Hall–Kier alpha value is -2.82. The van der Waals surface area contributed by atoms with Crippen molar-refractivity contribution in [1.29, 1.82) is 0 Å². The molecule has 4 rings (SSSR count). The number of aromatic nitrogens is 2. The molecule has 0 bridgehead atoms. The van der Waals surface area contributed by atoms with Crippen molar-refractivity contribution < 1.29 is 17.6 Å². The maximum Gasteiger partial charge on any atom is 0.230 e. The first-order valence-corrected chi connectivity index (χ1v) is 13.7. The molecule has 0 saturated carbocycles. The van der Waals surface area contributed by atoms with Crippen LogP contribution in [0.1, 0.15) is 12.0 Å². The van der Waals surface area contributed by atoms with Gasteiger partial charge in [0.25, 0.3) is 0 Å². The first-order valence-electron chi connectivity index (χ1n) is 9.98. The van der Waals surface area contributed by atoms with Gasteiger partial charge >= 0.3 is 0 Å². The smallest absolute Gasteiger partial charge is 0.230 e. The van der Waals surface area contributed by atoms with Gasteiger partial charge in [0.05, 0.1) is 27.4 Å². The zero-order chi connectivity index (χ0) is 23.4. The van der Waals surface area contributed by atoms with E-state index in [1.165, 1.54) is 28.4 Å². The van der Waals surface area contributed by atoms with E-state index in [9.17, 15) is 17.6 Å². The number of anilines is 1. The van der Waals surface area contributed by atoms with Gasteiger partial charge in [0.15, 0.2) is 15.0 Å². The third kappa shape index (κ3) is 5.58. The van der Waals surface area contributed by atoms with Crippen LogP contribution < -0.4 is 4.90 Å². The van der Waals surface area contributed by atoms with Crippen LogP contribution in [0.3, 0.4) is 0 Å². The quantitative estimate of drug-likeness (QED) is 0.251. The summed E-state index contributed by atoms with van der Waals surface area (Å²) in [5, 5.41) is 0.497. The van der Waals surface area contributed by atoms with Gasteiger partial charge in [-0.3, -0.25) is 14.7 Å². The lowest BCUT2D eigenvalue weighted by Crippen LogP contribution is -2.31. The summed E-state index contributed by atoms with van der Waals surface area (Å²) < 4.78 is 39.4. The predicted octanol–water partition coefficient (Wildman–Crippen LogP) is 4.95. The van der Waals surface area contributed by atoms with E-state index in [0.717, 1.165) is 32.8 Å². The van der Waals surface area contributed by atoms with Crippen molar-refractivity contribution in [3.05, 3.63) is 78.4 Å². The highest BCUT2D eigenvalue weighted by Gasteiger charge is 2.24. The number of thiazole rings is 1. The fourth-order valence-electron chi connectivity index (χ4n) is 3.19. The number of carbonyl (C=O) groups excluding carboxylic acids is 1. The van der Waals surface area contributed by atoms with Crippen LogP contribution in [0.4, 0.5) is 9.52 Å². The molecule has 170 valence electrons. The Balaban J connectivity index is 1.60. The molecule has 10 heteroatoms. The van der Waals surface area contributed by atoms with E-state index >= 15 is 0 Å². The van der Waals surface area contributed by atoms with Crippen LogP contribution in [0, 0.1) is 5.82 Å². The Morgan fingerprint density at radius 2 is 1.94 bits per heavy atom. The Bertz CT molecular complexity index is 1370. The number of hydrogen-bond donors (Lipinski definition) is 0. The number of carbonyl (C=O) groups is 1. The average molecular weight is 502 g/mol. The molecule has 2 aromatic heterocycles. The summed E-state index contributed by atoms with van der Waals surface area (Å²) in [4.78, 5) is 24.5. The van der Waals surface area contributed by atoms with Crippen LogP contribution >= 0.6 is 23.1 Å². The molecule has 0 fully saturated rings. The summed E-state index contributed by atoms with van der Waals surface area (Å²) in [6, 6.07) is 14.1. The highest BCUT2D eigenvalue weighted by Crippen LogP contribution is 2.32. The first-order chi connectivity index (χ1) is 15.9. The number of halogens is 1. The summed E-state index contributed by atoms with van der Waals surface area (Å²) >= 11 is 3.00. The topological polar surface area (TPSA) is 80.2 Å². The third-order valence-electron chi connectivity index (χ3n) is 4.94. The number of hydrogen-bond acceptors (Lipinski definition) is 7. The molecule has 0 aliphatic rings. The molecule has 0 atom stereocenters. The molecular formula is C23H20FN3O3S3. The fourth-order valence-corrected chi connectivity index (χ4v) is 5.95. The molecule has 0 spiro atoms. The van der Waals surface area contributed by atoms with Crippen molar-refractivity contribution >= 4 is 54.2 Å². The Morgan fingerprint density at radius 1 is 1.15 bits per heavy atom. The summed E-state index contributed by atoms with van der Waals surface area (Å²) in [5.41, 5.74) is 1.58. The van der Waals surface area contributed by atoms with Crippen molar-refractivity contribution in [3.63, 3.8) is 0 Å². The fraction of sp³-hybridized carbons (Fsp3) is 0.174. The summed E-state index contributed by atoms with van der Waals surface area (Å²) in [6.07, 6.45) is 5.07. The van der Waals surface area contributed by atoms with Gasteiger partial charge in [-0.25, -0.2) is 17.8 Å². The Morgan fingerprint density at radius 3 is 2.64 bits per heavy atom. The summed E-state index contributed by atoms with van der Waals surface area (Å²) in [7, 11) is -3.74. The van der Waals surface area contributed by atoms with Crippen LogP contribution in [0.5, 0.6) is 0 Å². The predicted molar refractivity (Wildman–Crippen MR) is 130 cm³/mol. The first kappa shape index (κ1) is 23.3. The number of pyridine rings is 1. The molecule has 6 nitrogen and oxygen atoms in total. The zero-order valence-electron chi connectivity index (χ0n) is 17.6. The van der Waals surface area contributed by atoms with E-state index < -0.39 is 15.7 Å². The lowest BCUT2D eigenvalue weighted by molar-refractivity contribution is -0.118. The van der Waals surface area contributed by atoms with E-state index in [-0.39, 0.29) is 29.5 Å². The van der Waals surface area contributed by atoms with Crippen LogP contribution in [-0.4, -0.2) is 36.3 Å². The van der Waals surface area contributed by atoms with Gasteiger partial charge in [0.1, 0.15) is 5.82 Å². The molecule has 0 saturated heterocycles. The standard InChI is InChI=1S/C23H20FN3O3S3/c1-31-18-6-9-20-21(13-18)32-23(26-20)27(15-16-3-2-11-25-14-16)22(28)10-12-33(29,30)19-7-4-17(24)5-8-19/h2-9,11,13-14H,10,12,15H2,1H3. The van der Waals surface area contributed by atoms with Crippen LogP contribution in [0.2, 0.25) is 0 Å².